The molecule has 0 unspecified atom stereocenters. The number of halogens is 1. The summed E-state index contributed by atoms with van der Waals surface area (Å²) in [6.07, 6.45) is 1.37. The first kappa shape index (κ1) is 11.6. The SMILES string of the molecule is COc1ccc(CNc2ncnc(Cl)n2)cc1. The molecule has 1 heterocycles. The van der Waals surface area contributed by atoms with Crippen LogP contribution in [0.1, 0.15) is 5.56 Å². The molecule has 0 radical (unpaired) electrons. The van der Waals surface area contributed by atoms with E-state index < -0.39 is 0 Å². The van der Waals surface area contributed by atoms with Crippen molar-refractivity contribution in [2.45, 2.75) is 6.54 Å². The number of nitrogens with zero attached hydrogens (tertiary/aromatic N) is 3. The Balaban J connectivity index is 1.97. The van der Waals surface area contributed by atoms with E-state index in [0.29, 0.717) is 12.5 Å². The average Bonchev–Trinajstić information content (AvgIpc) is 2.37. The lowest BCUT2D eigenvalue weighted by Gasteiger charge is -2.05. The standard InChI is InChI=1S/C11H11ClN4O/c1-17-9-4-2-8(3-5-9)6-13-11-15-7-14-10(12)16-11/h2-5,7H,6H2,1H3,(H,13,14,15,16). The van der Waals surface area contributed by atoms with Crippen LogP contribution in [-0.4, -0.2) is 22.1 Å². The van der Waals surface area contributed by atoms with Gasteiger partial charge in [-0.2, -0.15) is 4.98 Å². The molecule has 1 aromatic heterocycles. The molecular weight excluding hydrogens is 240 g/mol. The molecule has 0 aliphatic heterocycles. The van der Waals surface area contributed by atoms with Crippen LogP contribution in [0.5, 0.6) is 5.75 Å². The second-order valence-electron chi connectivity index (χ2n) is 3.28. The number of benzene rings is 1. The number of methoxy groups -OCH3 is 1. The van der Waals surface area contributed by atoms with Gasteiger partial charge < -0.3 is 10.1 Å². The molecule has 0 aliphatic carbocycles. The van der Waals surface area contributed by atoms with Crippen LogP contribution >= 0.6 is 11.6 Å². The zero-order chi connectivity index (χ0) is 12.1. The summed E-state index contributed by atoms with van der Waals surface area (Å²) in [5.41, 5.74) is 1.10. The van der Waals surface area contributed by atoms with Crippen molar-refractivity contribution in [3.05, 3.63) is 41.4 Å². The summed E-state index contributed by atoms with van der Waals surface area (Å²) in [5, 5.41) is 3.23. The third kappa shape index (κ3) is 3.29. The second-order valence-corrected chi connectivity index (χ2v) is 3.62. The van der Waals surface area contributed by atoms with Crippen LogP contribution in [0.4, 0.5) is 5.95 Å². The normalized spacial score (nSPS) is 10.0. The quantitative estimate of drug-likeness (QED) is 0.901. The summed E-state index contributed by atoms with van der Waals surface area (Å²) in [5.74, 6) is 1.29. The predicted molar refractivity (Wildman–Crippen MR) is 65.2 cm³/mol. The van der Waals surface area contributed by atoms with Crippen molar-refractivity contribution in [2.24, 2.45) is 0 Å². The van der Waals surface area contributed by atoms with Crippen LogP contribution in [0.25, 0.3) is 0 Å². The smallest absolute Gasteiger partial charge is 0.227 e. The Hall–Kier alpha value is -1.88. The Bertz CT molecular complexity index is 489. The summed E-state index contributed by atoms with van der Waals surface area (Å²) in [7, 11) is 1.64. The van der Waals surface area contributed by atoms with E-state index in [-0.39, 0.29) is 5.28 Å². The highest BCUT2D eigenvalue weighted by atomic mass is 35.5. The highest BCUT2D eigenvalue weighted by Gasteiger charge is 1.98. The molecule has 5 nitrogen and oxygen atoms in total. The van der Waals surface area contributed by atoms with E-state index in [0.717, 1.165) is 11.3 Å². The van der Waals surface area contributed by atoms with Crippen molar-refractivity contribution in [3.8, 4) is 5.75 Å². The molecule has 17 heavy (non-hydrogen) atoms. The van der Waals surface area contributed by atoms with Gasteiger partial charge in [-0.05, 0) is 29.3 Å². The van der Waals surface area contributed by atoms with E-state index in [1.165, 1.54) is 6.33 Å². The molecule has 1 aromatic carbocycles. The maximum Gasteiger partial charge on any atom is 0.227 e. The second kappa shape index (κ2) is 5.45. The molecule has 6 heteroatoms. The zero-order valence-corrected chi connectivity index (χ0v) is 9.98. The highest BCUT2D eigenvalue weighted by Crippen LogP contribution is 2.12. The van der Waals surface area contributed by atoms with Gasteiger partial charge >= 0.3 is 0 Å². The van der Waals surface area contributed by atoms with Crippen LogP contribution in [0.3, 0.4) is 0 Å². The number of hydrogen-bond acceptors (Lipinski definition) is 5. The minimum atomic E-state index is 0.178. The molecular formula is C11H11ClN4O. The van der Waals surface area contributed by atoms with Crippen LogP contribution in [-0.2, 0) is 6.54 Å². The lowest BCUT2D eigenvalue weighted by atomic mass is 10.2. The number of aromatic nitrogens is 3. The highest BCUT2D eigenvalue weighted by molar-refractivity contribution is 6.28. The first-order chi connectivity index (χ1) is 8.28. The van der Waals surface area contributed by atoms with E-state index in [2.05, 4.69) is 20.3 Å². The van der Waals surface area contributed by atoms with Gasteiger partial charge in [-0.3, -0.25) is 0 Å². The van der Waals surface area contributed by atoms with Gasteiger partial charge in [0.1, 0.15) is 12.1 Å². The number of hydrogen-bond donors (Lipinski definition) is 1. The maximum atomic E-state index is 5.65. The van der Waals surface area contributed by atoms with Gasteiger partial charge in [-0.25, -0.2) is 9.97 Å². The number of anilines is 1. The van der Waals surface area contributed by atoms with E-state index >= 15 is 0 Å². The third-order valence-electron chi connectivity index (χ3n) is 2.15. The van der Waals surface area contributed by atoms with Crippen molar-refractivity contribution in [2.75, 3.05) is 12.4 Å². The number of rotatable bonds is 4. The maximum absolute atomic E-state index is 5.65. The first-order valence-electron chi connectivity index (χ1n) is 4.99. The molecule has 0 saturated carbocycles. The summed E-state index contributed by atoms with van der Waals surface area (Å²) in [6.45, 7) is 0.615. The Morgan fingerprint density at radius 3 is 2.65 bits per heavy atom. The summed E-state index contributed by atoms with van der Waals surface area (Å²) >= 11 is 5.65. The number of nitrogens with one attached hydrogen (secondary N) is 1. The van der Waals surface area contributed by atoms with E-state index in [4.69, 9.17) is 16.3 Å². The Kier molecular flexibility index (Phi) is 3.72. The Morgan fingerprint density at radius 2 is 2.00 bits per heavy atom. The van der Waals surface area contributed by atoms with Gasteiger partial charge in [0.25, 0.3) is 0 Å². The molecule has 1 N–H and O–H groups in total. The summed E-state index contributed by atoms with van der Waals surface area (Å²) in [6, 6.07) is 7.73. The van der Waals surface area contributed by atoms with E-state index in [9.17, 15) is 0 Å². The molecule has 88 valence electrons. The summed E-state index contributed by atoms with van der Waals surface area (Å²) < 4.78 is 5.08. The minimum absolute atomic E-state index is 0.178. The van der Waals surface area contributed by atoms with Gasteiger partial charge in [-0.15, -0.1) is 0 Å². The van der Waals surface area contributed by atoms with Crippen molar-refractivity contribution >= 4 is 17.5 Å². The van der Waals surface area contributed by atoms with Crippen molar-refractivity contribution in [1.82, 2.24) is 15.0 Å². The molecule has 0 atom stereocenters. The van der Waals surface area contributed by atoms with Gasteiger partial charge in [-0.1, -0.05) is 12.1 Å². The first-order valence-corrected chi connectivity index (χ1v) is 5.37. The van der Waals surface area contributed by atoms with Gasteiger partial charge in [0.05, 0.1) is 7.11 Å². The monoisotopic (exact) mass is 250 g/mol. The summed E-state index contributed by atoms with van der Waals surface area (Å²) in [4.78, 5) is 11.6. The van der Waals surface area contributed by atoms with Crippen LogP contribution in [0, 0.1) is 0 Å². The lowest BCUT2D eigenvalue weighted by Crippen LogP contribution is -2.04. The van der Waals surface area contributed by atoms with Gasteiger partial charge in [0, 0.05) is 6.54 Å². The third-order valence-corrected chi connectivity index (χ3v) is 2.33. The lowest BCUT2D eigenvalue weighted by molar-refractivity contribution is 0.414. The predicted octanol–water partition coefficient (Wildman–Crippen LogP) is 2.15. The molecule has 0 aliphatic rings. The Morgan fingerprint density at radius 1 is 1.24 bits per heavy atom. The van der Waals surface area contributed by atoms with E-state index in [1.807, 2.05) is 24.3 Å². The minimum Gasteiger partial charge on any atom is -0.497 e. The van der Waals surface area contributed by atoms with Crippen molar-refractivity contribution in [3.63, 3.8) is 0 Å². The molecule has 0 amide bonds. The molecule has 0 saturated heterocycles. The van der Waals surface area contributed by atoms with Gasteiger partial charge in [0.2, 0.25) is 11.2 Å². The van der Waals surface area contributed by atoms with E-state index in [1.54, 1.807) is 7.11 Å². The zero-order valence-electron chi connectivity index (χ0n) is 9.22. The largest absolute Gasteiger partial charge is 0.497 e. The average molecular weight is 251 g/mol. The molecule has 0 fully saturated rings. The van der Waals surface area contributed by atoms with Crippen molar-refractivity contribution in [1.29, 1.82) is 0 Å². The molecule has 0 bridgehead atoms. The van der Waals surface area contributed by atoms with Crippen LogP contribution in [0.15, 0.2) is 30.6 Å². The fraction of sp³-hybridized carbons (Fsp3) is 0.182. The van der Waals surface area contributed by atoms with Crippen molar-refractivity contribution < 1.29 is 4.74 Å². The van der Waals surface area contributed by atoms with Crippen LogP contribution < -0.4 is 10.1 Å². The van der Waals surface area contributed by atoms with Gasteiger partial charge in [0.15, 0.2) is 0 Å². The molecule has 0 spiro atoms. The topological polar surface area (TPSA) is 59.9 Å². The Labute approximate surface area is 104 Å². The van der Waals surface area contributed by atoms with Crippen LogP contribution in [0.2, 0.25) is 5.28 Å². The fourth-order valence-corrected chi connectivity index (χ4v) is 1.41. The molecule has 2 aromatic rings. The number of ether oxygens (including phenoxy) is 1. The molecule has 2 rings (SSSR count). The fourth-order valence-electron chi connectivity index (χ4n) is 1.29.